The van der Waals surface area contributed by atoms with E-state index < -0.39 is 0 Å². The van der Waals surface area contributed by atoms with E-state index in [1.165, 1.54) is 0 Å². The third-order valence-electron chi connectivity index (χ3n) is 4.74. The molecule has 3 N–H and O–H groups in total. The molecule has 0 unspecified atom stereocenters. The smallest absolute Gasteiger partial charge is 0.251 e. The number of ether oxygens (including phenoxy) is 1. The highest BCUT2D eigenvalue weighted by Gasteiger charge is 2.32. The molecule has 1 saturated heterocycles. The lowest BCUT2D eigenvalue weighted by molar-refractivity contribution is 0.0512. The summed E-state index contributed by atoms with van der Waals surface area (Å²) in [7, 11) is 1.72. The minimum atomic E-state index is -0.0632. The van der Waals surface area contributed by atoms with Gasteiger partial charge in [-0.1, -0.05) is 12.1 Å². The minimum Gasteiger partial charge on any atom is -0.384 e. The molecule has 2 aromatic rings. The van der Waals surface area contributed by atoms with Gasteiger partial charge in [0.05, 0.1) is 6.61 Å². The van der Waals surface area contributed by atoms with Crippen LogP contribution < -0.4 is 10.6 Å². The minimum absolute atomic E-state index is 0.0199. The monoisotopic (exact) mass is 343 g/mol. The number of carbonyl (C=O) groups is 1. The number of benzene rings is 1. The molecule has 0 atom stereocenters. The Morgan fingerprint density at radius 1 is 1.28 bits per heavy atom. The van der Waals surface area contributed by atoms with Gasteiger partial charge in [-0.05, 0) is 45.0 Å². The number of piperidine rings is 1. The Balaban J connectivity index is 1.62. The molecule has 25 heavy (non-hydrogen) atoms. The van der Waals surface area contributed by atoms with E-state index in [9.17, 15) is 4.79 Å². The Hall–Kier alpha value is -2.25. The maximum atomic E-state index is 12.5. The highest BCUT2D eigenvalue weighted by Crippen LogP contribution is 2.28. The molecule has 1 amide bonds. The number of rotatable bonds is 6. The second kappa shape index (κ2) is 7.76. The number of H-pyrrole nitrogens is 1. The Labute approximate surface area is 147 Å². The zero-order valence-electron chi connectivity index (χ0n) is 14.8. The summed E-state index contributed by atoms with van der Waals surface area (Å²) in [6.07, 6.45) is 2.01. The van der Waals surface area contributed by atoms with Gasteiger partial charge in [-0.3, -0.25) is 9.89 Å². The summed E-state index contributed by atoms with van der Waals surface area (Å²) >= 11 is 0. The first-order valence-corrected chi connectivity index (χ1v) is 8.59. The summed E-state index contributed by atoms with van der Waals surface area (Å²) in [5, 5.41) is 13.4. The van der Waals surface area contributed by atoms with Gasteiger partial charge in [-0.15, -0.1) is 0 Å². The van der Waals surface area contributed by atoms with Crippen molar-refractivity contribution in [2.24, 2.45) is 5.41 Å². The van der Waals surface area contributed by atoms with Gasteiger partial charge in [0.2, 0.25) is 0 Å². The predicted molar refractivity (Wildman–Crippen MR) is 95.3 cm³/mol. The van der Waals surface area contributed by atoms with Crippen molar-refractivity contribution in [2.45, 2.75) is 19.8 Å². The molecule has 134 valence electrons. The molecule has 1 aliphatic rings. The molecule has 7 nitrogen and oxygen atoms in total. The summed E-state index contributed by atoms with van der Waals surface area (Å²) in [5.74, 6) is 1.34. The number of nitrogens with zero attached hydrogens (tertiary/aromatic N) is 2. The van der Waals surface area contributed by atoms with Crippen LogP contribution in [-0.4, -0.2) is 54.4 Å². The summed E-state index contributed by atoms with van der Waals surface area (Å²) in [5.41, 5.74) is 1.54. The number of nitrogens with one attached hydrogen (secondary N) is 3. The lowest BCUT2D eigenvalue weighted by atomic mass is 9.79. The summed E-state index contributed by atoms with van der Waals surface area (Å²) in [6, 6.07) is 7.35. The van der Waals surface area contributed by atoms with Crippen LogP contribution in [0.3, 0.4) is 0 Å². The molecule has 0 aliphatic carbocycles. The van der Waals surface area contributed by atoms with E-state index in [0.29, 0.717) is 24.5 Å². The van der Waals surface area contributed by atoms with Crippen molar-refractivity contribution in [2.75, 3.05) is 33.4 Å². The third kappa shape index (κ3) is 4.24. The number of aryl methyl sites for hydroxylation is 1. The molecule has 3 rings (SSSR count). The summed E-state index contributed by atoms with van der Waals surface area (Å²) in [4.78, 5) is 16.8. The van der Waals surface area contributed by atoms with Crippen molar-refractivity contribution >= 4 is 5.91 Å². The molecule has 0 radical (unpaired) electrons. The Morgan fingerprint density at radius 2 is 2.00 bits per heavy atom. The van der Waals surface area contributed by atoms with E-state index in [4.69, 9.17) is 4.74 Å². The van der Waals surface area contributed by atoms with Crippen LogP contribution in [-0.2, 0) is 4.74 Å². The Morgan fingerprint density at radius 3 is 2.60 bits per heavy atom. The van der Waals surface area contributed by atoms with Gasteiger partial charge in [-0.25, -0.2) is 4.98 Å². The van der Waals surface area contributed by atoms with Gasteiger partial charge in [0, 0.05) is 30.2 Å². The first-order valence-electron chi connectivity index (χ1n) is 8.59. The van der Waals surface area contributed by atoms with Crippen LogP contribution >= 0.6 is 0 Å². The summed E-state index contributed by atoms with van der Waals surface area (Å²) < 4.78 is 5.39. The molecule has 2 heterocycles. The number of hydrogen-bond donors (Lipinski definition) is 3. The summed E-state index contributed by atoms with van der Waals surface area (Å²) in [6.45, 7) is 5.07. The molecule has 0 saturated carbocycles. The van der Waals surface area contributed by atoms with Crippen LogP contribution in [0.15, 0.2) is 24.3 Å². The first-order chi connectivity index (χ1) is 12.1. The maximum Gasteiger partial charge on any atom is 0.251 e. The van der Waals surface area contributed by atoms with Crippen molar-refractivity contribution in [1.82, 2.24) is 25.8 Å². The highest BCUT2D eigenvalue weighted by atomic mass is 16.5. The molecule has 1 aromatic heterocycles. The second-order valence-corrected chi connectivity index (χ2v) is 6.69. The molecular weight excluding hydrogens is 318 g/mol. The van der Waals surface area contributed by atoms with E-state index in [2.05, 4.69) is 25.8 Å². The largest absolute Gasteiger partial charge is 0.384 e. The SMILES string of the molecule is COCC1(CNC(=O)c2ccc(-c3n[nH]c(C)n3)cc2)CCNCC1. The number of carbonyl (C=O) groups excluding carboxylic acids is 1. The zero-order valence-corrected chi connectivity index (χ0v) is 14.8. The van der Waals surface area contributed by atoms with Gasteiger partial charge in [0.15, 0.2) is 5.82 Å². The number of amides is 1. The lowest BCUT2D eigenvalue weighted by Gasteiger charge is -2.37. The average Bonchev–Trinajstić information content (AvgIpc) is 3.07. The number of aromatic amines is 1. The Kier molecular flexibility index (Phi) is 5.45. The van der Waals surface area contributed by atoms with E-state index in [1.54, 1.807) is 7.11 Å². The van der Waals surface area contributed by atoms with E-state index in [1.807, 2.05) is 31.2 Å². The van der Waals surface area contributed by atoms with Crippen molar-refractivity contribution in [3.05, 3.63) is 35.7 Å². The number of hydrogen-bond acceptors (Lipinski definition) is 5. The van der Waals surface area contributed by atoms with Crippen molar-refractivity contribution < 1.29 is 9.53 Å². The van der Waals surface area contributed by atoms with Gasteiger partial charge >= 0.3 is 0 Å². The van der Waals surface area contributed by atoms with Crippen molar-refractivity contribution in [3.63, 3.8) is 0 Å². The van der Waals surface area contributed by atoms with Gasteiger partial charge < -0.3 is 15.4 Å². The van der Waals surface area contributed by atoms with E-state index in [-0.39, 0.29) is 11.3 Å². The lowest BCUT2D eigenvalue weighted by Crippen LogP contribution is -2.47. The third-order valence-corrected chi connectivity index (χ3v) is 4.74. The molecule has 7 heteroatoms. The van der Waals surface area contributed by atoms with Crippen molar-refractivity contribution in [3.8, 4) is 11.4 Å². The molecule has 1 aromatic carbocycles. The maximum absolute atomic E-state index is 12.5. The van der Waals surface area contributed by atoms with Crippen LogP contribution in [0.2, 0.25) is 0 Å². The topological polar surface area (TPSA) is 91.9 Å². The van der Waals surface area contributed by atoms with E-state index >= 15 is 0 Å². The number of methoxy groups -OCH3 is 1. The van der Waals surface area contributed by atoms with Crippen LogP contribution in [0.25, 0.3) is 11.4 Å². The molecule has 0 spiro atoms. The fraction of sp³-hybridized carbons (Fsp3) is 0.500. The standard InChI is InChI=1S/C18H25N5O2/c1-13-21-16(23-22-13)14-3-5-15(6-4-14)17(24)20-11-18(12-25-2)7-9-19-10-8-18/h3-6,19H,7-12H2,1-2H3,(H,20,24)(H,21,22,23). The molecule has 1 fully saturated rings. The zero-order chi connectivity index (χ0) is 17.7. The van der Waals surface area contributed by atoms with Gasteiger partial charge in [-0.2, -0.15) is 5.10 Å². The molecular formula is C18H25N5O2. The molecule has 1 aliphatic heterocycles. The average molecular weight is 343 g/mol. The Bertz CT molecular complexity index is 699. The first kappa shape index (κ1) is 17.6. The molecule has 0 bridgehead atoms. The fourth-order valence-electron chi connectivity index (χ4n) is 3.25. The van der Waals surface area contributed by atoms with Crippen LogP contribution in [0.1, 0.15) is 29.0 Å². The fourth-order valence-corrected chi connectivity index (χ4v) is 3.25. The second-order valence-electron chi connectivity index (χ2n) is 6.69. The van der Waals surface area contributed by atoms with Crippen LogP contribution in [0, 0.1) is 12.3 Å². The van der Waals surface area contributed by atoms with Crippen molar-refractivity contribution in [1.29, 1.82) is 0 Å². The van der Waals surface area contributed by atoms with Gasteiger partial charge in [0.25, 0.3) is 5.91 Å². The normalized spacial score (nSPS) is 16.6. The van der Waals surface area contributed by atoms with Gasteiger partial charge in [0.1, 0.15) is 5.82 Å². The highest BCUT2D eigenvalue weighted by molar-refractivity contribution is 5.94. The van der Waals surface area contributed by atoms with Crippen LogP contribution in [0.4, 0.5) is 0 Å². The predicted octanol–water partition coefficient (Wildman–Crippen LogP) is 1.53. The van der Waals surface area contributed by atoms with Crippen LogP contribution in [0.5, 0.6) is 0 Å². The quantitative estimate of drug-likeness (QED) is 0.740. The number of aromatic nitrogens is 3. The van der Waals surface area contributed by atoms with E-state index in [0.717, 1.165) is 37.3 Å².